The molecule has 0 nitrogen and oxygen atoms in total. The van der Waals surface area contributed by atoms with Crippen molar-refractivity contribution in [3.05, 3.63) is 46.8 Å². The van der Waals surface area contributed by atoms with Crippen molar-refractivity contribution >= 4 is 11.6 Å². The Morgan fingerprint density at radius 3 is 2.19 bits per heavy atom. The molecule has 2 heteroatoms. The number of benzene rings is 1. The van der Waals surface area contributed by atoms with Gasteiger partial charge in [0.25, 0.3) is 0 Å². The second-order valence-corrected chi connectivity index (χ2v) is 9.37. The summed E-state index contributed by atoms with van der Waals surface area (Å²) in [7, 11) is 0. The van der Waals surface area contributed by atoms with Crippen LogP contribution in [-0.2, 0) is 0 Å². The maximum absolute atomic E-state index is 13.7. The van der Waals surface area contributed by atoms with Gasteiger partial charge < -0.3 is 0 Å². The second-order valence-electron chi connectivity index (χ2n) is 8.97. The molecule has 0 saturated heterocycles. The lowest BCUT2D eigenvalue weighted by Gasteiger charge is -2.31. The minimum absolute atomic E-state index is 0.239. The molecule has 0 spiro atoms. The molecule has 3 rings (SSSR count). The van der Waals surface area contributed by atoms with Crippen LogP contribution in [-0.4, -0.2) is 0 Å². The van der Waals surface area contributed by atoms with E-state index in [1.807, 2.05) is 6.07 Å². The Kier molecular flexibility index (Phi) is 8.24. The van der Waals surface area contributed by atoms with Crippen molar-refractivity contribution in [1.82, 2.24) is 0 Å². The predicted molar refractivity (Wildman–Crippen MR) is 115 cm³/mol. The first-order valence-electron chi connectivity index (χ1n) is 11.3. The zero-order valence-corrected chi connectivity index (χ0v) is 17.7. The number of rotatable bonds is 7. The van der Waals surface area contributed by atoms with Crippen LogP contribution in [0.4, 0.5) is 4.39 Å². The van der Waals surface area contributed by atoms with Gasteiger partial charge >= 0.3 is 0 Å². The van der Waals surface area contributed by atoms with Gasteiger partial charge in [-0.1, -0.05) is 56.0 Å². The van der Waals surface area contributed by atoms with Crippen LogP contribution in [0.2, 0.25) is 5.02 Å². The van der Waals surface area contributed by atoms with Crippen molar-refractivity contribution in [3.8, 4) is 0 Å². The lowest BCUT2D eigenvalue weighted by molar-refractivity contribution is 0.246. The summed E-state index contributed by atoms with van der Waals surface area (Å²) in [6.07, 6.45) is 20.9. The van der Waals surface area contributed by atoms with E-state index in [0.29, 0.717) is 5.92 Å². The summed E-state index contributed by atoms with van der Waals surface area (Å²) in [6.45, 7) is 2.25. The molecule has 0 bridgehead atoms. The molecule has 0 unspecified atom stereocenters. The molecule has 0 N–H and O–H groups in total. The minimum Gasteiger partial charge on any atom is -0.205 e. The Morgan fingerprint density at radius 2 is 1.59 bits per heavy atom. The Balaban J connectivity index is 1.35. The van der Waals surface area contributed by atoms with Gasteiger partial charge in [0.05, 0.1) is 5.02 Å². The quantitative estimate of drug-likeness (QED) is 0.408. The van der Waals surface area contributed by atoms with Crippen LogP contribution < -0.4 is 0 Å². The third-order valence-corrected chi connectivity index (χ3v) is 7.31. The molecule has 0 aromatic heterocycles. The van der Waals surface area contributed by atoms with Crippen LogP contribution in [0.15, 0.2) is 30.4 Å². The molecule has 0 radical (unpaired) electrons. The Labute approximate surface area is 170 Å². The van der Waals surface area contributed by atoms with E-state index in [4.69, 9.17) is 11.6 Å². The zero-order chi connectivity index (χ0) is 19.1. The summed E-state index contributed by atoms with van der Waals surface area (Å²) in [4.78, 5) is 0. The van der Waals surface area contributed by atoms with Crippen LogP contribution in [0.5, 0.6) is 0 Å². The van der Waals surface area contributed by atoms with E-state index in [9.17, 15) is 4.39 Å². The van der Waals surface area contributed by atoms with Crippen molar-refractivity contribution in [2.75, 3.05) is 0 Å². The zero-order valence-electron chi connectivity index (χ0n) is 16.9. The molecule has 2 aliphatic carbocycles. The normalized spacial score (nSPS) is 29.3. The molecule has 1 aromatic rings. The van der Waals surface area contributed by atoms with Gasteiger partial charge in [-0.3, -0.25) is 0 Å². The summed E-state index contributed by atoms with van der Waals surface area (Å²) in [5.74, 6) is 2.96. The topological polar surface area (TPSA) is 0 Å². The monoisotopic (exact) mass is 390 g/mol. The average Bonchev–Trinajstić information content (AvgIpc) is 2.70. The molecule has 2 fully saturated rings. The minimum atomic E-state index is -0.267. The molecule has 27 heavy (non-hydrogen) atoms. The van der Waals surface area contributed by atoms with E-state index < -0.39 is 0 Å². The summed E-state index contributed by atoms with van der Waals surface area (Å²) < 4.78 is 13.7. The Bertz CT molecular complexity index is 592. The molecule has 2 saturated carbocycles. The van der Waals surface area contributed by atoms with E-state index in [-0.39, 0.29) is 10.8 Å². The fraction of sp³-hybridized carbons (Fsp3) is 0.680. The standard InChI is InChI=1S/C25H36ClF/c1-2-3-4-5-19-6-8-20(9-7-19)10-11-21-12-14-22(15-13-21)23-16-17-24(26)25(27)18-23/h4-5,16-22H,2-3,6-15H2,1H3. The van der Waals surface area contributed by atoms with Gasteiger partial charge in [-0.2, -0.15) is 0 Å². The molecular formula is C25H36ClF. The number of hydrogen-bond acceptors (Lipinski definition) is 0. The highest BCUT2D eigenvalue weighted by Gasteiger charge is 2.25. The number of halogens is 2. The van der Waals surface area contributed by atoms with Gasteiger partial charge in [-0.05, 0) is 99.2 Å². The summed E-state index contributed by atoms with van der Waals surface area (Å²) >= 11 is 5.82. The summed E-state index contributed by atoms with van der Waals surface area (Å²) in [6, 6.07) is 5.39. The number of allylic oxidation sites excluding steroid dienone is 2. The van der Waals surface area contributed by atoms with Crippen LogP contribution >= 0.6 is 11.6 Å². The van der Waals surface area contributed by atoms with E-state index in [2.05, 4.69) is 19.1 Å². The van der Waals surface area contributed by atoms with Crippen LogP contribution in [0.1, 0.15) is 95.5 Å². The molecule has 2 aliphatic rings. The van der Waals surface area contributed by atoms with Crippen molar-refractivity contribution in [1.29, 1.82) is 0 Å². The van der Waals surface area contributed by atoms with Crippen LogP contribution in [0.3, 0.4) is 0 Å². The van der Waals surface area contributed by atoms with Gasteiger partial charge in [0.1, 0.15) is 5.82 Å². The van der Waals surface area contributed by atoms with Crippen molar-refractivity contribution < 1.29 is 4.39 Å². The van der Waals surface area contributed by atoms with Crippen LogP contribution in [0.25, 0.3) is 0 Å². The predicted octanol–water partition coefficient (Wildman–Crippen LogP) is 8.70. The molecule has 0 heterocycles. The van der Waals surface area contributed by atoms with Crippen molar-refractivity contribution in [2.24, 2.45) is 17.8 Å². The first kappa shape index (κ1) is 20.9. The van der Waals surface area contributed by atoms with E-state index in [1.165, 1.54) is 77.0 Å². The third-order valence-electron chi connectivity index (χ3n) is 7.00. The van der Waals surface area contributed by atoms with E-state index in [1.54, 1.807) is 12.1 Å². The summed E-state index contributed by atoms with van der Waals surface area (Å²) in [5, 5.41) is 0.239. The van der Waals surface area contributed by atoms with Crippen molar-refractivity contribution in [2.45, 2.75) is 89.9 Å². The first-order chi connectivity index (χ1) is 13.2. The smallest absolute Gasteiger partial charge is 0.142 e. The summed E-state index contributed by atoms with van der Waals surface area (Å²) in [5.41, 5.74) is 1.14. The molecule has 150 valence electrons. The third kappa shape index (κ3) is 6.34. The van der Waals surface area contributed by atoms with Gasteiger partial charge in [-0.15, -0.1) is 0 Å². The average molecular weight is 391 g/mol. The van der Waals surface area contributed by atoms with E-state index in [0.717, 1.165) is 23.3 Å². The largest absolute Gasteiger partial charge is 0.205 e. The lowest BCUT2D eigenvalue weighted by Crippen LogP contribution is -2.17. The Morgan fingerprint density at radius 1 is 0.963 bits per heavy atom. The number of unbranched alkanes of at least 4 members (excludes halogenated alkanes) is 1. The molecule has 1 aromatic carbocycles. The fourth-order valence-corrected chi connectivity index (χ4v) is 5.26. The first-order valence-corrected chi connectivity index (χ1v) is 11.6. The SMILES string of the molecule is CCCC=CC1CCC(CCC2CCC(c3ccc(Cl)c(F)c3)CC2)CC1. The van der Waals surface area contributed by atoms with E-state index >= 15 is 0 Å². The molecule has 0 atom stereocenters. The van der Waals surface area contributed by atoms with Gasteiger partial charge in [-0.25, -0.2) is 4.39 Å². The van der Waals surface area contributed by atoms with Gasteiger partial charge in [0.2, 0.25) is 0 Å². The highest BCUT2D eigenvalue weighted by Crippen LogP contribution is 2.40. The Hall–Kier alpha value is -0.820. The maximum atomic E-state index is 13.7. The highest BCUT2D eigenvalue weighted by atomic mass is 35.5. The molecular weight excluding hydrogens is 355 g/mol. The molecule has 0 aliphatic heterocycles. The molecule has 0 amide bonds. The van der Waals surface area contributed by atoms with Gasteiger partial charge in [0.15, 0.2) is 0 Å². The fourth-order valence-electron chi connectivity index (χ4n) is 5.15. The second kappa shape index (κ2) is 10.6. The maximum Gasteiger partial charge on any atom is 0.142 e. The highest BCUT2D eigenvalue weighted by molar-refractivity contribution is 6.30. The van der Waals surface area contributed by atoms with Gasteiger partial charge in [0, 0.05) is 0 Å². The number of hydrogen-bond donors (Lipinski definition) is 0. The van der Waals surface area contributed by atoms with Crippen LogP contribution in [0, 0.1) is 23.6 Å². The van der Waals surface area contributed by atoms with Crippen molar-refractivity contribution in [3.63, 3.8) is 0 Å². The lowest BCUT2D eigenvalue weighted by atomic mass is 9.74.